The first-order valence-electron chi connectivity index (χ1n) is 9.16. The number of hydrogen-bond donors (Lipinski definition) is 3. The molecular weight excluding hydrogens is 356 g/mol. The van der Waals surface area contributed by atoms with Crippen LogP contribution < -0.4 is 10.1 Å². The molecule has 1 aromatic carbocycles. The number of aromatic amines is 1. The van der Waals surface area contributed by atoms with Crippen LogP contribution in [0, 0.1) is 0 Å². The number of anilines is 1. The van der Waals surface area contributed by atoms with E-state index in [1.165, 1.54) is 0 Å². The number of nitrogens with zero attached hydrogens (tertiary/aromatic N) is 4. The maximum atomic E-state index is 9.92. The minimum Gasteiger partial charge on any atom is -0.480 e. The zero-order chi connectivity index (χ0) is 19.3. The maximum Gasteiger partial charge on any atom is 0.228 e. The molecule has 0 atom stereocenters. The SMILES string of the molecule is COc1nc(N[C@H]2C[C@@](C)(O)C2)nc2[nH]cc(-c3ccc4nnccc4c3)c12. The Kier molecular flexibility index (Phi) is 3.70. The van der Waals surface area contributed by atoms with Crippen LogP contribution >= 0.6 is 0 Å². The molecule has 0 saturated heterocycles. The second-order valence-electron chi connectivity index (χ2n) is 7.53. The Bertz CT molecular complexity index is 1180. The van der Waals surface area contributed by atoms with Crippen LogP contribution in [-0.2, 0) is 0 Å². The van der Waals surface area contributed by atoms with Crippen molar-refractivity contribution in [2.45, 2.75) is 31.4 Å². The van der Waals surface area contributed by atoms with Crippen molar-refractivity contribution in [2.75, 3.05) is 12.4 Å². The Balaban J connectivity index is 1.55. The molecule has 3 heterocycles. The summed E-state index contributed by atoms with van der Waals surface area (Å²) in [5.74, 6) is 0.995. The minimum atomic E-state index is -0.605. The summed E-state index contributed by atoms with van der Waals surface area (Å²) in [7, 11) is 1.60. The van der Waals surface area contributed by atoms with Crippen LogP contribution in [0.15, 0.2) is 36.7 Å². The van der Waals surface area contributed by atoms with Gasteiger partial charge in [0.05, 0.1) is 29.8 Å². The summed E-state index contributed by atoms with van der Waals surface area (Å²) in [5, 5.41) is 23.1. The number of aromatic nitrogens is 5. The predicted octanol–water partition coefficient (Wildman–Crippen LogP) is 2.90. The van der Waals surface area contributed by atoms with Gasteiger partial charge < -0.3 is 20.1 Å². The predicted molar refractivity (Wildman–Crippen MR) is 106 cm³/mol. The van der Waals surface area contributed by atoms with Crippen LogP contribution in [0.5, 0.6) is 5.88 Å². The molecule has 8 heteroatoms. The molecule has 0 radical (unpaired) electrons. The Morgan fingerprint density at radius 3 is 2.89 bits per heavy atom. The lowest BCUT2D eigenvalue weighted by molar-refractivity contribution is -0.0236. The highest BCUT2D eigenvalue weighted by molar-refractivity contribution is 5.99. The van der Waals surface area contributed by atoms with Gasteiger partial charge in [-0.1, -0.05) is 6.07 Å². The highest BCUT2D eigenvalue weighted by Gasteiger charge is 2.38. The number of fused-ring (bicyclic) bond motifs is 2. The van der Waals surface area contributed by atoms with Gasteiger partial charge in [-0.3, -0.25) is 0 Å². The molecule has 142 valence electrons. The van der Waals surface area contributed by atoms with Crippen molar-refractivity contribution in [3.63, 3.8) is 0 Å². The lowest BCUT2D eigenvalue weighted by Crippen LogP contribution is -2.48. The van der Waals surface area contributed by atoms with Crippen LogP contribution in [0.2, 0.25) is 0 Å². The van der Waals surface area contributed by atoms with Gasteiger partial charge in [0, 0.05) is 23.2 Å². The van der Waals surface area contributed by atoms with E-state index >= 15 is 0 Å². The lowest BCUT2D eigenvalue weighted by atomic mass is 9.77. The summed E-state index contributed by atoms with van der Waals surface area (Å²) < 4.78 is 5.57. The summed E-state index contributed by atoms with van der Waals surface area (Å²) in [4.78, 5) is 12.4. The molecule has 0 unspecified atom stereocenters. The fourth-order valence-corrected chi connectivity index (χ4v) is 3.88. The zero-order valence-corrected chi connectivity index (χ0v) is 15.6. The first-order chi connectivity index (χ1) is 13.5. The highest BCUT2D eigenvalue weighted by Crippen LogP contribution is 2.37. The molecule has 4 aromatic rings. The summed E-state index contributed by atoms with van der Waals surface area (Å²) in [6, 6.07) is 8.11. The molecule has 1 saturated carbocycles. The summed E-state index contributed by atoms with van der Waals surface area (Å²) in [6.45, 7) is 1.84. The first kappa shape index (κ1) is 16.9. The molecule has 0 aliphatic heterocycles. The molecule has 1 aliphatic carbocycles. The molecule has 0 spiro atoms. The van der Waals surface area contributed by atoms with Crippen LogP contribution in [0.4, 0.5) is 5.95 Å². The van der Waals surface area contributed by atoms with Gasteiger partial charge >= 0.3 is 0 Å². The van der Waals surface area contributed by atoms with E-state index in [1.54, 1.807) is 13.3 Å². The summed E-state index contributed by atoms with van der Waals surface area (Å²) in [5.41, 5.74) is 2.92. The van der Waals surface area contributed by atoms with Gasteiger partial charge in [0.1, 0.15) is 5.65 Å². The van der Waals surface area contributed by atoms with Gasteiger partial charge in [-0.05, 0) is 43.5 Å². The van der Waals surface area contributed by atoms with E-state index in [9.17, 15) is 5.11 Å². The molecule has 0 bridgehead atoms. The van der Waals surface area contributed by atoms with E-state index in [1.807, 2.05) is 31.3 Å². The van der Waals surface area contributed by atoms with Crippen molar-refractivity contribution in [1.82, 2.24) is 25.1 Å². The van der Waals surface area contributed by atoms with E-state index in [2.05, 4.69) is 36.5 Å². The average molecular weight is 376 g/mol. The Morgan fingerprint density at radius 2 is 2.11 bits per heavy atom. The van der Waals surface area contributed by atoms with Crippen molar-refractivity contribution in [1.29, 1.82) is 0 Å². The lowest BCUT2D eigenvalue weighted by Gasteiger charge is -2.41. The van der Waals surface area contributed by atoms with Crippen LogP contribution in [0.25, 0.3) is 33.1 Å². The normalized spacial score (nSPS) is 21.6. The van der Waals surface area contributed by atoms with E-state index < -0.39 is 5.60 Å². The number of H-pyrrole nitrogens is 1. The van der Waals surface area contributed by atoms with E-state index in [0.717, 1.165) is 27.4 Å². The standard InChI is InChI=1S/C20H20N6O2/c1-20(27)8-13(9-20)23-19-24-17-16(18(25-19)28-2)14(10-21-17)11-3-4-15-12(7-11)5-6-22-26-15/h3-7,10,13,27H,8-9H2,1-2H3,(H2,21,23,24,25)/t13-,20+. The average Bonchev–Trinajstić information content (AvgIpc) is 3.09. The van der Waals surface area contributed by atoms with Crippen molar-refractivity contribution in [3.05, 3.63) is 36.7 Å². The Labute approximate surface area is 161 Å². The number of benzene rings is 1. The Hall–Kier alpha value is -3.26. The molecule has 8 nitrogen and oxygen atoms in total. The largest absolute Gasteiger partial charge is 0.480 e. The van der Waals surface area contributed by atoms with Crippen molar-refractivity contribution < 1.29 is 9.84 Å². The van der Waals surface area contributed by atoms with Crippen LogP contribution in [0.1, 0.15) is 19.8 Å². The number of hydrogen-bond acceptors (Lipinski definition) is 7. The van der Waals surface area contributed by atoms with Crippen LogP contribution in [0.3, 0.4) is 0 Å². The third kappa shape index (κ3) is 2.82. The first-order valence-corrected chi connectivity index (χ1v) is 9.16. The maximum absolute atomic E-state index is 9.92. The summed E-state index contributed by atoms with van der Waals surface area (Å²) in [6.07, 6.45) is 4.94. The Morgan fingerprint density at radius 1 is 1.25 bits per heavy atom. The molecular formula is C20H20N6O2. The van der Waals surface area contributed by atoms with Crippen molar-refractivity contribution >= 4 is 27.9 Å². The van der Waals surface area contributed by atoms with Gasteiger partial charge in [0.15, 0.2) is 0 Å². The highest BCUT2D eigenvalue weighted by atomic mass is 16.5. The van der Waals surface area contributed by atoms with Gasteiger partial charge in [0.2, 0.25) is 11.8 Å². The quantitative estimate of drug-likeness (QED) is 0.502. The second-order valence-corrected chi connectivity index (χ2v) is 7.53. The van der Waals surface area contributed by atoms with Gasteiger partial charge in [-0.25, -0.2) is 0 Å². The number of rotatable bonds is 4. The monoisotopic (exact) mass is 376 g/mol. The molecule has 3 N–H and O–H groups in total. The molecule has 1 fully saturated rings. The topological polar surface area (TPSA) is 109 Å². The third-order valence-corrected chi connectivity index (χ3v) is 5.22. The molecule has 1 aliphatic rings. The molecule has 0 amide bonds. The fraction of sp³-hybridized carbons (Fsp3) is 0.300. The third-order valence-electron chi connectivity index (χ3n) is 5.22. The van der Waals surface area contributed by atoms with Gasteiger partial charge in [-0.2, -0.15) is 20.2 Å². The fourth-order valence-electron chi connectivity index (χ4n) is 3.88. The van der Waals surface area contributed by atoms with E-state index in [0.29, 0.717) is 30.3 Å². The number of ether oxygens (including phenoxy) is 1. The van der Waals surface area contributed by atoms with Crippen molar-refractivity contribution in [2.24, 2.45) is 0 Å². The number of nitrogens with one attached hydrogen (secondary N) is 2. The molecule has 5 rings (SSSR count). The van der Waals surface area contributed by atoms with E-state index in [-0.39, 0.29) is 6.04 Å². The molecule has 28 heavy (non-hydrogen) atoms. The number of methoxy groups -OCH3 is 1. The second kappa shape index (κ2) is 6.13. The smallest absolute Gasteiger partial charge is 0.228 e. The number of aliphatic hydroxyl groups is 1. The van der Waals surface area contributed by atoms with E-state index in [4.69, 9.17) is 4.74 Å². The van der Waals surface area contributed by atoms with Gasteiger partial charge in [-0.15, -0.1) is 0 Å². The van der Waals surface area contributed by atoms with Crippen LogP contribution in [-0.4, -0.2) is 49.0 Å². The summed E-state index contributed by atoms with van der Waals surface area (Å²) >= 11 is 0. The molecule has 3 aromatic heterocycles. The van der Waals surface area contributed by atoms with Crippen molar-refractivity contribution in [3.8, 4) is 17.0 Å². The van der Waals surface area contributed by atoms with Gasteiger partial charge in [0.25, 0.3) is 0 Å². The zero-order valence-electron chi connectivity index (χ0n) is 15.6. The minimum absolute atomic E-state index is 0.160.